The number of rotatable bonds is 10. The molecule has 6 rings (SSSR count). The van der Waals surface area contributed by atoms with Crippen molar-refractivity contribution in [2.24, 2.45) is 11.8 Å². The lowest BCUT2D eigenvalue weighted by Crippen LogP contribution is -2.52. The van der Waals surface area contributed by atoms with Gasteiger partial charge in [0.1, 0.15) is 17.2 Å². The van der Waals surface area contributed by atoms with Crippen molar-refractivity contribution in [2.75, 3.05) is 67.6 Å². The molecule has 48 heavy (non-hydrogen) atoms. The Labute approximate surface area is 289 Å². The highest BCUT2D eigenvalue weighted by Gasteiger charge is 2.27. The Morgan fingerprint density at radius 1 is 0.792 bits per heavy atom. The molecule has 0 spiro atoms. The number of methoxy groups -OCH3 is 2. The minimum atomic E-state index is 0.197. The molecule has 3 aliphatic heterocycles. The normalized spacial score (nSPS) is 22.6. The van der Waals surface area contributed by atoms with Gasteiger partial charge in [-0.1, -0.05) is 60.7 Å². The van der Waals surface area contributed by atoms with Crippen molar-refractivity contribution < 1.29 is 14.2 Å². The second-order valence-corrected chi connectivity index (χ2v) is 13.2. The molecule has 7 heteroatoms. The van der Waals surface area contributed by atoms with Gasteiger partial charge < -0.3 is 29.3 Å². The van der Waals surface area contributed by atoms with E-state index in [9.17, 15) is 0 Å². The molecule has 0 radical (unpaired) electrons. The highest BCUT2D eigenvalue weighted by atomic mass is 16.5. The Balaban J connectivity index is 0.000000163. The van der Waals surface area contributed by atoms with E-state index < -0.39 is 0 Å². The number of hydrogen-bond donors (Lipinski definition) is 1. The molecular formula is C41H56N4O3. The largest absolute Gasteiger partial charge is 0.497 e. The van der Waals surface area contributed by atoms with Crippen LogP contribution in [0.15, 0.2) is 85.2 Å². The van der Waals surface area contributed by atoms with Crippen molar-refractivity contribution in [3.8, 4) is 17.2 Å². The summed E-state index contributed by atoms with van der Waals surface area (Å²) in [5, 5.41) is 3.40. The minimum Gasteiger partial charge on any atom is -0.497 e. The molecule has 258 valence electrons. The highest BCUT2D eigenvalue weighted by Crippen LogP contribution is 2.22. The molecule has 0 saturated carbocycles. The molecule has 3 unspecified atom stereocenters. The number of pyridine rings is 1. The number of nitrogens with one attached hydrogen (secondary N) is 1. The van der Waals surface area contributed by atoms with E-state index in [1.54, 1.807) is 20.4 Å². The molecule has 3 aromatic rings. The zero-order valence-corrected chi connectivity index (χ0v) is 29.9. The summed E-state index contributed by atoms with van der Waals surface area (Å²) in [5.74, 6) is 4.06. The van der Waals surface area contributed by atoms with E-state index in [2.05, 4.69) is 95.8 Å². The van der Waals surface area contributed by atoms with Gasteiger partial charge in [0.05, 0.1) is 27.0 Å². The Morgan fingerprint density at radius 3 is 1.81 bits per heavy atom. The van der Waals surface area contributed by atoms with E-state index in [-0.39, 0.29) is 5.54 Å². The molecule has 0 bridgehead atoms. The van der Waals surface area contributed by atoms with Crippen molar-refractivity contribution in [3.05, 3.63) is 102 Å². The molecule has 3 fully saturated rings. The summed E-state index contributed by atoms with van der Waals surface area (Å²) in [7, 11) is 7.75. The Bertz CT molecular complexity index is 1480. The van der Waals surface area contributed by atoms with Gasteiger partial charge in [0, 0.05) is 24.8 Å². The van der Waals surface area contributed by atoms with Crippen LogP contribution in [0, 0.1) is 11.8 Å². The van der Waals surface area contributed by atoms with E-state index in [4.69, 9.17) is 14.2 Å². The lowest BCUT2D eigenvalue weighted by atomic mass is 9.89. The maximum absolute atomic E-state index is 5.43. The maximum Gasteiger partial charge on any atom is 0.138 e. The van der Waals surface area contributed by atoms with Crippen LogP contribution >= 0.6 is 0 Å². The van der Waals surface area contributed by atoms with E-state index in [1.165, 1.54) is 50.0 Å². The first kappa shape index (κ1) is 36.9. The van der Waals surface area contributed by atoms with Crippen LogP contribution in [0.1, 0.15) is 49.8 Å². The van der Waals surface area contributed by atoms with Gasteiger partial charge in [-0.3, -0.25) is 4.98 Å². The fraction of sp³-hybridized carbons (Fsp3) is 0.439. The Kier molecular flexibility index (Phi) is 14.8. The van der Waals surface area contributed by atoms with E-state index >= 15 is 0 Å². The molecular weight excluding hydrogens is 596 g/mol. The number of nitrogens with zero attached hydrogens (tertiary/aromatic N) is 3. The fourth-order valence-electron chi connectivity index (χ4n) is 5.95. The van der Waals surface area contributed by atoms with Crippen LogP contribution in [0.4, 0.5) is 0 Å². The molecule has 3 aliphatic rings. The third-order valence-corrected chi connectivity index (χ3v) is 9.03. The van der Waals surface area contributed by atoms with Gasteiger partial charge >= 0.3 is 0 Å². The van der Waals surface area contributed by atoms with E-state index in [1.807, 2.05) is 49.5 Å². The van der Waals surface area contributed by atoms with Crippen molar-refractivity contribution in [1.29, 1.82) is 0 Å². The van der Waals surface area contributed by atoms with Crippen molar-refractivity contribution in [2.45, 2.75) is 38.6 Å². The van der Waals surface area contributed by atoms with Crippen molar-refractivity contribution in [1.82, 2.24) is 20.1 Å². The Morgan fingerprint density at radius 2 is 1.33 bits per heavy atom. The van der Waals surface area contributed by atoms with Crippen LogP contribution in [0.5, 0.6) is 17.2 Å². The number of ether oxygens (including phenoxy) is 3. The fourth-order valence-corrected chi connectivity index (χ4v) is 5.95. The van der Waals surface area contributed by atoms with Crippen LogP contribution in [0.25, 0.3) is 18.2 Å². The molecule has 3 saturated heterocycles. The van der Waals surface area contributed by atoms with Crippen molar-refractivity contribution >= 4 is 18.2 Å². The molecule has 0 amide bonds. The number of benzene rings is 2. The molecule has 1 aromatic heterocycles. The molecule has 7 nitrogen and oxygen atoms in total. The first-order chi connectivity index (χ1) is 23.3. The maximum atomic E-state index is 5.43. The monoisotopic (exact) mass is 652 g/mol. The Hall–Kier alpha value is -3.91. The predicted octanol–water partition coefficient (Wildman–Crippen LogP) is 7.57. The number of hydrogen-bond acceptors (Lipinski definition) is 7. The summed E-state index contributed by atoms with van der Waals surface area (Å²) < 4.78 is 15.8. The SMILES string of the molecule is CCOc1cncc(C=CC2CCN(C)C2)c1.COc1cccc(C=CC2(C)CCN2)c1.COc1cccc(C=CC2CCN(C)C2)c1. The molecule has 3 atom stereocenters. The average Bonchev–Trinajstić information content (AvgIpc) is 3.72. The molecule has 2 aromatic carbocycles. The van der Waals surface area contributed by atoms with Crippen LogP contribution < -0.4 is 19.5 Å². The van der Waals surface area contributed by atoms with Crippen LogP contribution in [-0.2, 0) is 0 Å². The van der Waals surface area contributed by atoms with Gasteiger partial charge in [0.2, 0.25) is 0 Å². The second-order valence-electron chi connectivity index (χ2n) is 13.2. The predicted molar refractivity (Wildman–Crippen MR) is 201 cm³/mol. The second kappa shape index (κ2) is 19.2. The first-order valence-electron chi connectivity index (χ1n) is 17.3. The summed E-state index contributed by atoms with van der Waals surface area (Å²) in [5.41, 5.74) is 3.71. The molecule has 0 aliphatic carbocycles. The van der Waals surface area contributed by atoms with Crippen molar-refractivity contribution in [3.63, 3.8) is 0 Å². The van der Waals surface area contributed by atoms with E-state index in [0.29, 0.717) is 18.4 Å². The highest BCUT2D eigenvalue weighted by molar-refractivity contribution is 5.54. The minimum absolute atomic E-state index is 0.197. The summed E-state index contributed by atoms with van der Waals surface area (Å²) in [6, 6.07) is 18.3. The smallest absolute Gasteiger partial charge is 0.138 e. The standard InChI is InChI=1S/C14H20N2O.C14H19NO.C13H17NO/c1-3-17-14-8-13(9-15-10-14)5-4-12-6-7-16(2)11-12;1-15-9-8-13(11-15)7-6-12-4-3-5-14(10-12)16-2;1-13(8-9-14-13)7-6-11-4-3-5-12(10-11)15-2/h4-5,8-10,12H,3,6-7,11H2,1-2H3;3-7,10,13H,8-9,11H2,1-2H3;3-7,10,14H,8-9H2,1-2H3. The van der Waals surface area contributed by atoms with Gasteiger partial charge in [0.15, 0.2) is 0 Å². The summed E-state index contributed by atoms with van der Waals surface area (Å²) in [6.07, 6.45) is 20.7. The van der Waals surface area contributed by atoms with Crippen LogP contribution in [-0.4, -0.2) is 88.0 Å². The van der Waals surface area contributed by atoms with Crippen LogP contribution in [0.3, 0.4) is 0 Å². The van der Waals surface area contributed by atoms with Gasteiger partial charge in [-0.2, -0.15) is 0 Å². The lowest BCUT2D eigenvalue weighted by molar-refractivity contribution is 0.301. The average molecular weight is 653 g/mol. The topological polar surface area (TPSA) is 59.1 Å². The lowest BCUT2D eigenvalue weighted by Gasteiger charge is -2.37. The zero-order chi connectivity index (χ0) is 34.2. The molecule has 4 heterocycles. The molecule has 1 N–H and O–H groups in total. The van der Waals surface area contributed by atoms with E-state index in [0.717, 1.165) is 35.9 Å². The summed E-state index contributed by atoms with van der Waals surface area (Å²) >= 11 is 0. The third-order valence-electron chi connectivity index (χ3n) is 9.03. The number of aromatic nitrogens is 1. The third kappa shape index (κ3) is 12.6. The van der Waals surface area contributed by atoms with Gasteiger partial charge in [0.25, 0.3) is 0 Å². The number of likely N-dealkylation sites (tertiary alicyclic amines) is 2. The zero-order valence-electron chi connectivity index (χ0n) is 29.9. The van der Waals surface area contributed by atoms with Gasteiger partial charge in [-0.15, -0.1) is 0 Å². The van der Waals surface area contributed by atoms with Crippen LogP contribution in [0.2, 0.25) is 0 Å². The van der Waals surface area contributed by atoms with Gasteiger partial charge in [-0.05, 0) is 126 Å². The summed E-state index contributed by atoms with van der Waals surface area (Å²) in [6.45, 7) is 10.8. The quantitative estimate of drug-likeness (QED) is 0.243. The summed E-state index contributed by atoms with van der Waals surface area (Å²) in [4.78, 5) is 8.92. The first-order valence-corrected chi connectivity index (χ1v) is 17.3. The van der Waals surface area contributed by atoms with Gasteiger partial charge in [-0.25, -0.2) is 0 Å².